The van der Waals surface area contributed by atoms with Gasteiger partial charge in [-0.15, -0.1) is 0 Å². The lowest BCUT2D eigenvalue weighted by Gasteiger charge is -2.18. The van der Waals surface area contributed by atoms with Crippen LogP contribution in [-0.4, -0.2) is 21.5 Å². The Morgan fingerprint density at radius 3 is 2.61 bits per heavy atom. The van der Waals surface area contributed by atoms with Crippen LogP contribution in [0.3, 0.4) is 0 Å². The first-order chi connectivity index (χ1) is 8.72. The Bertz CT molecular complexity index is 572. The molecule has 0 bridgehead atoms. The topological polar surface area (TPSA) is 50.7 Å². The van der Waals surface area contributed by atoms with Crippen LogP contribution in [0.2, 0.25) is 0 Å². The van der Waals surface area contributed by atoms with E-state index < -0.39 is 0 Å². The molecule has 1 aromatic carbocycles. The summed E-state index contributed by atoms with van der Waals surface area (Å²) in [5, 5.41) is 3.41. The lowest BCUT2D eigenvalue weighted by Crippen LogP contribution is -2.11. The second kappa shape index (κ2) is 4.37. The molecule has 0 saturated heterocycles. The first-order valence-corrected chi connectivity index (χ1v) is 6.29. The van der Waals surface area contributed by atoms with E-state index in [0.717, 1.165) is 36.0 Å². The van der Waals surface area contributed by atoms with E-state index in [1.807, 2.05) is 13.8 Å². The summed E-state index contributed by atoms with van der Waals surface area (Å²) in [5.41, 5.74) is 3.67. The number of fused-ring (bicyclic) bond motifs is 1. The highest BCUT2D eigenvalue weighted by atomic mass is 15.0. The van der Waals surface area contributed by atoms with Gasteiger partial charge in [0.05, 0.1) is 0 Å². The average Bonchev–Trinajstić information content (AvgIpc) is 2.37. The first kappa shape index (κ1) is 11.1. The van der Waals surface area contributed by atoms with Gasteiger partial charge in [0.25, 0.3) is 0 Å². The zero-order chi connectivity index (χ0) is 12.5. The molecule has 0 radical (unpaired) electrons. The van der Waals surface area contributed by atoms with Crippen molar-refractivity contribution in [2.75, 3.05) is 11.9 Å². The molecule has 0 fully saturated rings. The van der Waals surface area contributed by atoms with Crippen molar-refractivity contribution in [3.8, 4) is 11.4 Å². The molecular weight excluding hydrogens is 224 g/mol. The molecule has 1 aliphatic heterocycles. The van der Waals surface area contributed by atoms with E-state index in [0.29, 0.717) is 0 Å². The molecule has 4 heteroatoms. The van der Waals surface area contributed by atoms with E-state index in [4.69, 9.17) is 0 Å². The maximum atomic E-state index is 4.41. The second-order valence-electron chi connectivity index (χ2n) is 4.66. The van der Waals surface area contributed by atoms with E-state index in [2.05, 4.69) is 38.5 Å². The number of benzene rings is 1. The van der Waals surface area contributed by atoms with Gasteiger partial charge >= 0.3 is 0 Å². The minimum Gasteiger partial charge on any atom is -0.385 e. The summed E-state index contributed by atoms with van der Waals surface area (Å²) in [7, 11) is 0. The molecule has 18 heavy (non-hydrogen) atoms. The molecule has 0 aliphatic carbocycles. The molecule has 0 unspecified atom stereocenters. The fourth-order valence-corrected chi connectivity index (χ4v) is 2.36. The monoisotopic (exact) mass is 240 g/mol. The molecule has 92 valence electrons. The molecular formula is C14H16N4. The minimum atomic E-state index is 0.772. The SMILES string of the molecule is Cc1nc(C)nc(-c2ccc3c(c2)CCCN3)n1. The number of rotatable bonds is 1. The standard InChI is InChI=1S/C14H16N4/c1-9-16-10(2)18-14(17-9)12-5-6-13-11(8-12)4-3-7-15-13/h5-6,8,15H,3-4,7H2,1-2H3. The van der Waals surface area contributed by atoms with Gasteiger partial charge in [0.15, 0.2) is 5.82 Å². The molecule has 0 spiro atoms. The molecule has 0 amide bonds. The van der Waals surface area contributed by atoms with Gasteiger partial charge in [0.1, 0.15) is 11.6 Å². The van der Waals surface area contributed by atoms with Crippen molar-refractivity contribution in [1.82, 2.24) is 15.0 Å². The predicted molar refractivity (Wildman–Crippen MR) is 71.5 cm³/mol. The van der Waals surface area contributed by atoms with E-state index in [-0.39, 0.29) is 0 Å². The van der Waals surface area contributed by atoms with Crippen molar-refractivity contribution >= 4 is 5.69 Å². The summed E-state index contributed by atoms with van der Waals surface area (Å²) >= 11 is 0. The highest BCUT2D eigenvalue weighted by Gasteiger charge is 2.11. The zero-order valence-electron chi connectivity index (χ0n) is 10.7. The van der Waals surface area contributed by atoms with Crippen LogP contribution in [0.1, 0.15) is 23.6 Å². The third-order valence-electron chi connectivity index (χ3n) is 3.16. The van der Waals surface area contributed by atoms with Gasteiger partial charge < -0.3 is 5.32 Å². The normalized spacial score (nSPS) is 13.9. The molecule has 4 nitrogen and oxygen atoms in total. The first-order valence-electron chi connectivity index (χ1n) is 6.29. The van der Waals surface area contributed by atoms with E-state index >= 15 is 0 Å². The van der Waals surface area contributed by atoms with Crippen LogP contribution < -0.4 is 5.32 Å². The molecule has 0 saturated carbocycles. The number of aryl methyl sites for hydroxylation is 3. The van der Waals surface area contributed by atoms with Crippen LogP contribution in [0.4, 0.5) is 5.69 Å². The molecule has 2 heterocycles. The quantitative estimate of drug-likeness (QED) is 0.832. The zero-order valence-corrected chi connectivity index (χ0v) is 10.7. The van der Waals surface area contributed by atoms with Gasteiger partial charge in [-0.2, -0.15) is 0 Å². The Kier molecular flexibility index (Phi) is 2.70. The van der Waals surface area contributed by atoms with Gasteiger partial charge in [-0.1, -0.05) is 0 Å². The molecule has 0 atom stereocenters. The van der Waals surface area contributed by atoms with Gasteiger partial charge in [0.2, 0.25) is 0 Å². The van der Waals surface area contributed by atoms with Crippen LogP contribution >= 0.6 is 0 Å². The van der Waals surface area contributed by atoms with Crippen molar-refractivity contribution in [3.63, 3.8) is 0 Å². The molecule has 2 aromatic rings. The average molecular weight is 240 g/mol. The van der Waals surface area contributed by atoms with Crippen molar-refractivity contribution < 1.29 is 0 Å². The smallest absolute Gasteiger partial charge is 0.163 e. The van der Waals surface area contributed by atoms with Gasteiger partial charge in [-0.25, -0.2) is 15.0 Å². The molecule has 1 aromatic heterocycles. The lowest BCUT2D eigenvalue weighted by atomic mass is 10.0. The van der Waals surface area contributed by atoms with Crippen molar-refractivity contribution in [1.29, 1.82) is 0 Å². The largest absolute Gasteiger partial charge is 0.385 e. The molecule has 3 rings (SSSR count). The predicted octanol–water partition coefficient (Wildman–Crippen LogP) is 2.51. The van der Waals surface area contributed by atoms with E-state index in [9.17, 15) is 0 Å². The van der Waals surface area contributed by atoms with Gasteiger partial charge in [-0.3, -0.25) is 0 Å². The van der Waals surface area contributed by atoms with Crippen molar-refractivity contribution in [3.05, 3.63) is 35.4 Å². The van der Waals surface area contributed by atoms with Gasteiger partial charge in [-0.05, 0) is 50.5 Å². The Morgan fingerprint density at radius 2 is 1.83 bits per heavy atom. The number of hydrogen-bond donors (Lipinski definition) is 1. The van der Waals surface area contributed by atoms with Crippen LogP contribution in [0, 0.1) is 13.8 Å². The van der Waals surface area contributed by atoms with Crippen LogP contribution in [0.5, 0.6) is 0 Å². The number of nitrogens with one attached hydrogen (secondary N) is 1. The summed E-state index contributed by atoms with van der Waals surface area (Å²) in [6, 6.07) is 6.39. The Balaban J connectivity index is 2.06. The lowest BCUT2D eigenvalue weighted by molar-refractivity contribution is 0.830. The number of aromatic nitrogens is 3. The van der Waals surface area contributed by atoms with E-state index in [1.54, 1.807) is 0 Å². The summed E-state index contributed by atoms with van der Waals surface area (Å²) < 4.78 is 0. The van der Waals surface area contributed by atoms with E-state index in [1.165, 1.54) is 17.7 Å². The summed E-state index contributed by atoms with van der Waals surface area (Å²) in [5.74, 6) is 2.31. The Hall–Kier alpha value is -1.97. The maximum Gasteiger partial charge on any atom is 0.163 e. The third kappa shape index (κ3) is 2.06. The summed E-state index contributed by atoms with van der Waals surface area (Å²) in [6.45, 7) is 4.87. The molecule has 1 aliphatic rings. The summed E-state index contributed by atoms with van der Waals surface area (Å²) in [6.07, 6.45) is 2.31. The highest BCUT2D eigenvalue weighted by molar-refractivity contribution is 5.64. The fraction of sp³-hybridized carbons (Fsp3) is 0.357. The Labute approximate surface area is 107 Å². The van der Waals surface area contributed by atoms with Crippen LogP contribution in [-0.2, 0) is 6.42 Å². The fourth-order valence-electron chi connectivity index (χ4n) is 2.36. The molecule has 1 N–H and O–H groups in total. The summed E-state index contributed by atoms with van der Waals surface area (Å²) in [4.78, 5) is 13.0. The van der Waals surface area contributed by atoms with Crippen LogP contribution in [0.15, 0.2) is 18.2 Å². The van der Waals surface area contributed by atoms with Crippen molar-refractivity contribution in [2.45, 2.75) is 26.7 Å². The van der Waals surface area contributed by atoms with Crippen LogP contribution in [0.25, 0.3) is 11.4 Å². The second-order valence-corrected chi connectivity index (χ2v) is 4.66. The maximum absolute atomic E-state index is 4.41. The number of hydrogen-bond acceptors (Lipinski definition) is 4. The number of nitrogens with zero attached hydrogens (tertiary/aromatic N) is 3. The van der Waals surface area contributed by atoms with Gasteiger partial charge in [0, 0.05) is 17.8 Å². The van der Waals surface area contributed by atoms with Crippen molar-refractivity contribution in [2.24, 2.45) is 0 Å². The Morgan fingerprint density at radius 1 is 1.06 bits per heavy atom. The third-order valence-corrected chi connectivity index (χ3v) is 3.16. The number of anilines is 1. The highest BCUT2D eigenvalue weighted by Crippen LogP contribution is 2.26. The minimum absolute atomic E-state index is 0.772.